The summed E-state index contributed by atoms with van der Waals surface area (Å²) in [4.78, 5) is 10.1. The smallest absolute Gasteiger partial charge is 0.143 e. The second-order valence-corrected chi connectivity index (χ2v) is 2.17. The van der Waals surface area contributed by atoms with Crippen molar-refractivity contribution in [1.29, 1.82) is 0 Å². The molecule has 0 N–H and O–H groups in total. The van der Waals surface area contributed by atoms with Gasteiger partial charge in [0.25, 0.3) is 0 Å². The van der Waals surface area contributed by atoms with Gasteiger partial charge in [-0.25, -0.2) is 0 Å². The van der Waals surface area contributed by atoms with Crippen LogP contribution in [-0.4, -0.2) is 19.5 Å². The first-order chi connectivity index (χ1) is 4.88. The number of allylic oxidation sites excluding steroid dienone is 1. The molecule has 1 rings (SSSR count). The standard InChI is InChI=1S/C8H10O2/c1-10-8-4-2-3-7(8)5-6-9/h2-3,5-6,8H,4H2,1H3/b7-5+. The van der Waals surface area contributed by atoms with Crippen LogP contribution in [0.5, 0.6) is 0 Å². The second kappa shape index (κ2) is 3.32. The largest absolute Gasteiger partial charge is 0.376 e. The zero-order chi connectivity index (χ0) is 7.40. The Hall–Kier alpha value is -0.890. The molecule has 0 spiro atoms. The lowest BCUT2D eigenvalue weighted by molar-refractivity contribution is -0.104. The lowest BCUT2D eigenvalue weighted by Gasteiger charge is -2.07. The van der Waals surface area contributed by atoms with Crippen molar-refractivity contribution in [2.45, 2.75) is 12.5 Å². The highest BCUT2D eigenvalue weighted by Crippen LogP contribution is 2.18. The number of hydrogen-bond donors (Lipinski definition) is 0. The fourth-order valence-electron chi connectivity index (χ4n) is 1.04. The van der Waals surface area contributed by atoms with Crippen LogP contribution in [0.2, 0.25) is 0 Å². The third-order valence-corrected chi connectivity index (χ3v) is 1.58. The highest BCUT2D eigenvalue weighted by molar-refractivity contribution is 5.68. The van der Waals surface area contributed by atoms with Crippen LogP contribution in [-0.2, 0) is 9.53 Å². The van der Waals surface area contributed by atoms with E-state index in [1.165, 1.54) is 6.08 Å². The molecule has 0 aromatic rings. The van der Waals surface area contributed by atoms with Gasteiger partial charge < -0.3 is 4.74 Å². The first-order valence-electron chi connectivity index (χ1n) is 3.23. The van der Waals surface area contributed by atoms with Crippen molar-refractivity contribution in [2.24, 2.45) is 0 Å². The predicted molar refractivity (Wildman–Crippen MR) is 38.7 cm³/mol. The van der Waals surface area contributed by atoms with Crippen molar-refractivity contribution >= 4 is 6.29 Å². The molecule has 0 aromatic heterocycles. The van der Waals surface area contributed by atoms with Gasteiger partial charge in [-0.3, -0.25) is 4.79 Å². The predicted octanol–water partition coefficient (Wildman–Crippen LogP) is 1.09. The van der Waals surface area contributed by atoms with Gasteiger partial charge in [0.15, 0.2) is 0 Å². The maximum Gasteiger partial charge on any atom is 0.143 e. The van der Waals surface area contributed by atoms with E-state index >= 15 is 0 Å². The summed E-state index contributed by atoms with van der Waals surface area (Å²) < 4.78 is 5.09. The summed E-state index contributed by atoms with van der Waals surface area (Å²) in [6, 6.07) is 0. The van der Waals surface area contributed by atoms with Crippen molar-refractivity contribution in [3.05, 3.63) is 23.8 Å². The molecule has 0 amide bonds. The number of aldehydes is 1. The molecule has 2 nitrogen and oxygen atoms in total. The van der Waals surface area contributed by atoms with Crippen LogP contribution in [0, 0.1) is 0 Å². The van der Waals surface area contributed by atoms with E-state index in [2.05, 4.69) is 0 Å². The van der Waals surface area contributed by atoms with Gasteiger partial charge in [-0.15, -0.1) is 0 Å². The van der Waals surface area contributed by atoms with Gasteiger partial charge in [-0.2, -0.15) is 0 Å². The molecule has 1 aliphatic rings. The van der Waals surface area contributed by atoms with E-state index in [0.717, 1.165) is 18.3 Å². The molecule has 0 saturated carbocycles. The molecule has 1 unspecified atom stereocenters. The van der Waals surface area contributed by atoms with Gasteiger partial charge in [0, 0.05) is 7.11 Å². The van der Waals surface area contributed by atoms with Gasteiger partial charge in [0.05, 0.1) is 6.10 Å². The Bertz CT molecular complexity index is 180. The maximum atomic E-state index is 10.1. The first kappa shape index (κ1) is 7.22. The molecule has 0 saturated heterocycles. The van der Waals surface area contributed by atoms with Crippen molar-refractivity contribution in [2.75, 3.05) is 7.11 Å². The summed E-state index contributed by atoms with van der Waals surface area (Å²) in [6.07, 6.45) is 7.24. The van der Waals surface area contributed by atoms with E-state index in [1.807, 2.05) is 12.2 Å². The molecule has 1 atom stereocenters. The first-order valence-corrected chi connectivity index (χ1v) is 3.23. The van der Waals surface area contributed by atoms with E-state index in [4.69, 9.17) is 4.74 Å². The molecule has 1 aliphatic carbocycles. The van der Waals surface area contributed by atoms with Crippen molar-refractivity contribution < 1.29 is 9.53 Å². The van der Waals surface area contributed by atoms with Crippen molar-refractivity contribution in [1.82, 2.24) is 0 Å². The topological polar surface area (TPSA) is 26.3 Å². The molecular weight excluding hydrogens is 128 g/mol. The molecule has 0 aromatic carbocycles. The Kier molecular flexibility index (Phi) is 2.40. The lowest BCUT2D eigenvalue weighted by Crippen LogP contribution is -2.07. The van der Waals surface area contributed by atoms with E-state index in [0.29, 0.717) is 0 Å². The second-order valence-electron chi connectivity index (χ2n) is 2.17. The highest BCUT2D eigenvalue weighted by Gasteiger charge is 2.13. The quantitative estimate of drug-likeness (QED) is 0.421. The fraction of sp³-hybridized carbons (Fsp3) is 0.375. The number of carbonyl (C=O) groups excluding carboxylic acids is 1. The number of hydrogen-bond acceptors (Lipinski definition) is 2. The summed E-state index contributed by atoms with van der Waals surface area (Å²) in [5.41, 5.74) is 0.970. The van der Waals surface area contributed by atoms with Crippen LogP contribution in [0.25, 0.3) is 0 Å². The van der Waals surface area contributed by atoms with Gasteiger partial charge in [-0.05, 0) is 18.1 Å². The molecule has 2 heteroatoms. The van der Waals surface area contributed by atoms with Gasteiger partial charge in [-0.1, -0.05) is 12.2 Å². The zero-order valence-electron chi connectivity index (χ0n) is 5.91. The lowest BCUT2D eigenvalue weighted by atomic mass is 10.2. The minimum absolute atomic E-state index is 0.102. The SMILES string of the molecule is COC1CC=C/C1=C\C=O. The third kappa shape index (κ3) is 1.33. The molecular formula is C8H10O2. The number of ether oxygens (including phenoxy) is 1. The maximum absolute atomic E-state index is 10.1. The molecule has 0 bridgehead atoms. The van der Waals surface area contributed by atoms with E-state index in [-0.39, 0.29) is 6.10 Å². The molecule has 0 aliphatic heterocycles. The van der Waals surface area contributed by atoms with E-state index in [9.17, 15) is 4.79 Å². The highest BCUT2D eigenvalue weighted by atomic mass is 16.5. The van der Waals surface area contributed by atoms with Crippen molar-refractivity contribution in [3.8, 4) is 0 Å². The van der Waals surface area contributed by atoms with E-state index < -0.39 is 0 Å². The Morgan fingerprint density at radius 3 is 3.20 bits per heavy atom. The van der Waals surface area contributed by atoms with Crippen LogP contribution < -0.4 is 0 Å². The molecule has 54 valence electrons. The van der Waals surface area contributed by atoms with Crippen molar-refractivity contribution in [3.63, 3.8) is 0 Å². The van der Waals surface area contributed by atoms with Gasteiger partial charge in [0.2, 0.25) is 0 Å². The minimum Gasteiger partial charge on any atom is -0.376 e. The average Bonchev–Trinajstić information content (AvgIpc) is 2.36. The Balaban J connectivity index is 2.65. The fourth-order valence-corrected chi connectivity index (χ4v) is 1.04. The van der Waals surface area contributed by atoms with Crippen LogP contribution in [0.15, 0.2) is 23.8 Å². The van der Waals surface area contributed by atoms with Crippen LogP contribution in [0.4, 0.5) is 0 Å². The summed E-state index contributed by atoms with van der Waals surface area (Å²) in [7, 11) is 1.65. The Morgan fingerprint density at radius 2 is 2.60 bits per heavy atom. The van der Waals surface area contributed by atoms with Crippen LogP contribution in [0.3, 0.4) is 0 Å². The summed E-state index contributed by atoms with van der Waals surface area (Å²) in [6.45, 7) is 0. The monoisotopic (exact) mass is 138 g/mol. The Morgan fingerprint density at radius 1 is 1.80 bits per heavy atom. The summed E-state index contributed by atoms with van der Waals surface area (Å²) in [5, 5.41) is 0. The molecule has 0 heterocycles. The summed E-state index contributed by atoms with van der Waals surface area (Å²) in [5.74, 6) is 0. The van der Waals surface area contributed by atoms with Crippen LogP contribution in [0.1, 0.15) is 6.42 Å². The number of rotatable bonds is 2. The third-order valence-electron chi connectivity index (χ3n) is 1.58. The molecule has 10 heavy (non-hydrogen) atoms. The summed E-state index contributed by atoms with van der Waals surface area (Å²) >= 11 is 0. The van der Waals surface area contributed by atoms with Gasteiger partial charge in [0.1, 0.15) is 6.29 Å². The van der Waals surface area contributed by atoms with Crippen LogP contribution >= 0.6 is 0 Å². The van der Waals surface area contributed by atoms with Gasteiger partial charge >= 0.3 is 0 Å². The normalized spacial score (nSPS) is 27.7. The zero-order valence-corrected chi connectivity index (χ0v) is 5.91. The average molecular weight is 138 g/mol. The number of methoxy groups -OCH3 is 1. The minimum atomic E-state index is 0.102. The number of carbonyl (C=O) groups is 1. The Labute approximate surface area is 60.2 Å². The van der Waals surface area contributed by atoms with E-state index in [1.54, 1.807) is 7.11 Å². The molecule has 0 radical (unpaired) electrons. The molecule has 0 fully saturated rings.